The van der Waals surface area contributed by atoms with Crippen LogP contribution < -0.4 is 16.0 Å². The highest BCUT2D eigenvalue weighted by atomic mass is 127. The Labute approximate surface area is 188 Å². The van der Waals surface area contributed by atoms with Crippen LogP contribution in [0.1, 0.15) is 52.6 Å². The van der Waals surface area contributed by atoms with E-state index in [1.165, 1.54) is 11.8 Å². The first kappa shape index (κ1) is 27.1. The molecule has 2 atom stereocenters. The number of hydrogen-bond donors (Lipinski definition) is 3. The largest absolute Gasteiger partial charge is 0.357 e. The number of halogens is 1. The fraction of sp³-hybridized carbons (Fsp3) is 0.650. The molecule has 0 bridgehead atoms. The van der Waals surface area contributed by atoms with Gasteiger partial charge in [-0.2, -0.15) is 0 Å². The van der Waals surface area contributed by atoms with Gasteiger partial charge in [0.1, 0.15) is 9.84 Å². The van der Waals surface area contributed by atoms with E-state index in [2.05, 4.69) is 48.9 Å². The quantitative estimate of drug-likeness (QED) is 0.249. The van der Waals surface area contributed by atoms with Crippen molar-refractivity contribution in [3.8, 4) is 0 Å². The zero-order chi connectivity index (χ0) is 20.5. The summed E-state index contributed by atoms with van der Waals surface area (Å²) >= 11 is 0. The lowest BCUT2D eigenvalue weighted by molar-refractivity contribution is 0.356. The zero-order valence-corrected chi connectivity index (χ0v) is 21.1. The van der Waals surface area contributed by atoms with Crippen molar-refractivity contribution in [3.05, 3.63) is 35.9 Å². The monoisotopic (exact) mass is 524 g/mol. The van der Waals surface area contributed by atoms with Crippen molar-refractivity contribution in [3.63, 3.8) is 0 Å². The Bertz CT molecular complexity index is 693. The third kappa shape index (κ3) is 11.9. The van der Waals surface area contributed by atoms with E-state index in [9.17, 15) is 8.42 Å². The number of aliphatic imine (C=N–C) groups is 1. The molecule has 3 N–H and O–H groups in total. The normalized spacial score (nSPS) is 14.7. The number of hydrogen-bond acceptors (Lipinski definition) is 4. The first-order valence-electron chi connectivity index (χ1n) is 9.57. The van der Waals surface area contributed by atoms with Crippen LogP contribution in [-0.2, 0) is 9.84 Å². The van der Waals surface area contributed by atoms with Crippen molar-refractivity contribution in [1.29, 1.82) is 0 Å². The molecule has 162 valence electrons. The third-order valence-corrected chi connectivity index (χ3v) is 5.17. The molecule has 0 radical (unpaired) electrons. The molecule has 0 aliphatic rings. The Hall–Kier alpha value is -0.870. The summed E-state index contributed by atoms with van der Waals surface area (Å²) in [5.74, 6) is 0.878. The van der Waals surface area contributed by atoms with Gasteiger partial charge in [0.25, 0.3) is 0 Å². The molecule has 0 saturated carbocycles. The average molecular weight is 525 g/mol. The predicted molar refractivity (Wildman–Crippen MR) is 130 cm³/mol. The van der Waals surface area contributed by atoms with Gasteiger partial charge in [-0.1, -0.05) is 30.3 Å². The third-order valence-electron chi connectivity index (χ3n) is 4.19. The van der Waals surface area contributed by atoms with Crippen LogP contribution in [0.25, 0.3) is 0 Å². The molecule has 0 aliphatic carbocycles. The van der Waals surface area contributed by atoms with Gasteiger partial charge in [-0.15, -0.1) is 24.0 Å². The van der Waals surface area contributed by atoms with E-state index in [1.54, 1.807) is 0 Å². The van der Waals surface area contributed by atoms with Crippen molar-refractivity contribution in [2.75, 3.05) is 25.1 Å². The number of nitrogens with zero attached hydrogens (tertiary/aromatic N) is 1. The van der Waals surface area contributed by atoms with Crippen LogP contribution in [-0.4, -0.2) is 51.1 Å². The van der Waals surface area contributed by atoms with Gasteiger partial charge in [0.2, 0.25) is 0 Å². The van der Waals surface area contributed by atoms with E-state index in [4.69, 9.17) is 4.99 Å². The van der Waals surface area contributed by atoms with Gasteiger partial charge in [-0.3, -0.25) is 4.99 Å². The summed E-state index contributed by atoms with van der Waals surface area (Å²) in [6.07, 6.45) is 1.82. The lowest BCUT2D eigenvalue weighted by Crippen LogP contribution is -2.47. The van der Waals surface area contributed by atoms with Crippen molar-refractivity contribution in [2.24, 2.45) is 4.99 Å². The van der Waals surface area contributed by atoms with Gasteiger partial charge in [0.15, 0.2) is 5.96 Å². The van der Waals surface area contributed by atoms with Crippen LogP contribution >= 0.6 is 24.0 Å². The molecule has 0 aliphatic heterocycles. The minimum Gasteiger partial charge on any atom is -0.357 e. The number of benzene rings is 1. The molecule has 0 amide bonds. The van der Waals surface area contributed by atoms with E-state index in [1.807, 2.05) is 32.0 Å². The van der Waals surface area contributed by atoms with Gasteiger partial charge in [0.05, 0.1) is 12.3 Å². The lowest BCUT2D eigenvalue weighted by Gasteiger charge is -2.29. The second-order valence-corrected chi connectivity index (χ2v) is 10.1. The minimum atomic E-state index is -2.95. The molecule has 28 heavy (non-hydrogen) atoms. The van der Waals surface area contributed by atoms with Crippen LogP contribution in [0.4, 0.5) is 0 Å². The number of rotatable bonds is 10. The summed E-state index contributed by atoms with van der Waals surface area (Å²) in [4.78, 5) is 4.70. The maximum Gasteiger partial charge on any atom is 0.191 e. The highest BCUT2D eigenvalue weighted by molar-refractivity contribution is 14.0. The second-order valence-electron chi connectivity index (χ2n) is 7.82. The Morgan fingerprint density at radius 1 is 1.18 bits per heavy atom. The van der Waals surface area contributed by atoms with E-state index in [0.29, 0.717) is 18.9 Å². The van der Waals surface area contributed by atoms with E-state index in [-0.39, 0.29) is 47.4 Å². The lowest BCUT2D eigenvalue weighted by atomic mass is 10.0. The standard InChI is InChI=1S/C20H36N4O2S.HI/c1-7-21-19(23-16(2)13-14-27(6,25)26)22-15-20(4,5)24-17(3)18-11-9-8-10-12-18;/h8-12,16-17,24H,7,13-15H2,1-6H3,(H2,21,22,23);1H. The Kier molecular flexibility index (Phi) is 12.2. The van der Waals surface area contributed by atoms with Crippen molar-refractivity contribution < 1.29 is 8.42 Å². The average Bonchev–Trinajstić information content (AvgIpc) is 2.58. The fourth-order valence-electron chi connectivity index (χ4n) is 2.75. The van der Waals surface area contributed by atoms with Gasteiger partial charge in [-0.05, 0) is 46.6 Å². The van der Waals surface area contributed by atoms with E-state index < -0.39 is 9.84 Å². The van der Waals surface area contributed by atoms with E-state index in [0.717, 1.165) is 6.54 Å². The molecule has 2 unspecified atom stereocenters. The molecule has 0 aromatic heterocycles. The molecule has 0 fully saturated rings. The molecule has 1 rings (SSSR count). The first-order chi connectivity index (χ1) is 12.5. The highest BCUT2D eigenvalue weighted by Crippen LogP contribution is 2.16. The fourth-order valence-corrected chi connectivity index (χ4v) is 3.53. The Morgan fingerprint density at radius 3 is 2.32 bits per heavy atom. The van der Waals surface area contributed by atoms with Crippen LogP contribution in [0.3, 0.4) is 0 Å². The van der Waals surface area contributed by atoms with Gasteiger partial charge < -0.3 is 16.0 Å². The molecule has 1 aromatic carbocycles. The number of guanidine groups is 1. The zero-order valence-electron chi connectivity index (χ0n) is 18.0. The number of nitrogens with one attached hydrogen (secondary N) is 3. The smallest absolute Gasteiger partial charge is 0.191 e. The molecular formula is C20H37IN4O2S. The van der Waals surface area contributed by atoms with Gasteiger partial charge >= 0.3 is 0 Å². The maximum absolute atomic E-state index is 11.3. The summed E-state index contributed by atoms with van der Waals surface area (Å²) in [5.41, 5.74) is 1.06. The van der Waals surface area contributed by atoms with Crippen molar-refractivity contribution >= 4 is 39.8 Å². The molecule has 8 heteroatoms. The molecule has 6 nitrogen and oxygen atoms in total. The predicted octanol–water partition coefficient (Wildman–Crippen LogP) is 3.11. The van der Waals surface area contributed by atoms with Gasteiger partial charge in [0, 0.05) is 30.4 Å². The maximum atomic E-state index is 11.3. The summed E-state index contributed by atoms with van der Waals surface area (Å²) in [6.45, 7) is 11.7. The molecule has 0 saturated heterocycles. The van der Waals surface area contributed by atoms with Gasteiger partial charge in [-0.25, -0.2) is 8.42 Å². The second kappa shape index (κ2) is 12.6. The molecular weight excluding hydrogens is 487 g/mol. The minimum absolute atomic E-state index is 0. The van der Waals surface area contributed by atoms with Crippen LogP contribution in [0.2, 0.25) is 0 Å². The Morgan fingerprint density at radius 2 is 1.79 bits per heavy atom. The Balaban J connectivity index is 0.00000729. The molecule has 0 spiro atoms. The summed E-state index contributed by atoms with van der Waals surface area (Å²) in [6, 6.07) is 10.6. The summed E-state index contributed by atoms with van der Waals surface area (Å²) < 4.78 is 22.7. The van der Waals surface area contributed by atoms with Crippen molar-refractivity contribution in [1.82, 2.24) is 16.0 Å². The molecule has 1 aromatic rings. The molecule has 0 heterocycles. The topological polar surface area (TPSA) is 82.6 Å². The van der Waals surface area contributed by atoms with Crippen LogP contribution in [0.15, 0.2) is 35.3 Å². The number of sulfone groups is 1. The van der Waals surface area contributed by atoms with Crippen LogP contribution in [0, 0.1) is 0 Å². The summed E-state index contributed by atoms with van der Waals surface area (Å²) in [5, 5.41) is 10.2. The van der Waals surface area contributed by atoms with Crippen LogP contribution in [0.5, 0.6) is 0 Å². The van der Waals surface area contributed by atoms with Crippen molar-refractivity contribution in [2.45, 2.75) is 58.7 Å². The first-order valence-corrected chi connectivity index (χ1v) is 11.6. The highest BCUT2D eigenvalue weighted by Gasteiger charge is 2.21. The SMILES string of the molecule is CCNC(=NCC(C)(C)NC(C)c1ccccc1)NC(C)CCS(C)(=O)=O.I. The summed E-state index contributed by atoms with van der Waals surface area (Å²) in [7, 11) is -2.95. The van der Waals surface area contributed by atoms with E-state index >= 15 is 0 Å².